The zero-order valence-electron chi connectivity index (χ0n) is 12.0. The number of benzene rings is 1. The molecule has 1 aromatic rings. The van der Waals surface area contributed by atoms with E-state index < -0.39 is 5.97 Å². The predicted octanol–water partition coefficient (Wildman–Crippen LogP) is 1.01. The van der Waals surface area contributed by atoms with E-state index in [-0.39, 0.29) is 6.54 Å². The maximum Gasteiger partial charge on any atom is 0.317 e. The van der Waals surface area contributed by atoms with Crippen molar-refractivity contribution in [2.45, 2.75) is 13.0 Å². The average Bonchev–Trinajstić information content (AvgIpc) is 2.80. The van der Waals surface area contributed by atoms with Gasteiger partial charge in [-0.2, -0.15) is 0 Å². The second-order valence-corrected chi connectivity index (χ2v) is 5.49. The monoisotopic (exact) mass is 292 g/mol. The van der Waals surface area contributed by atoms with Gasteiger partial charge in [-0.15, -0.1) is 0 Å². The van der Waals surface area contributed by atoms with Gasteiger partial charge in [-0.1, -0.05) is 6.07 Å². The average molecular weight is 292 g/mol. The molecule has 2 aliphatic rings. The largest absolute Gasteiger partial charge is 0.480 e. The molecular formula is C15H20N2O4. The number of rotatable bonds is 4. The fraction of sp³-hybridized carbons (Fsp3) is 0.533. The fourth-order valence-corrected chi connectivity index (χ4v) is 2.83. The molecule has 0 radical (unpaired) electrons. The highest BCUT2D eigenvalue weighted by Gasteiger charge is 2.18. The Labute approximate surface area is 123 Å². The van der Waals surface area contributed by atoms with Crippen LogP contribution in [0, 0.1) is 0 Å². The molecule has 0 spiro atoms. The number of aliphatic carboxylic acids is 1. The first-order valence-electron chi connectivity index (χ1n) is 7.26. The number of carboxylic acid groups (broad SMARTS) is 1. The number of carbonyl (C=O) groups is 1. The molecule has 0 bridgehead atoms. The highest BCUT2D eigenvalue weighted by atomic mass is 16.7. The van der Waals surface area contributed by atoms with Gasteiger partial charge in [-0.3, -0.25) is 14.6 Å². The first-order valence-corrected chi connectivity index (χ1v) is 7.26. The van der Waals surface area contributed by atoms with Crippen LogP contribution in [0.5, 0.6) is 11.5 Å². The lowest BCUT2D eigenvalue weighted by Crippen LogP contribution is -2.34. The summed E-state index contributed by atoms with van der Waals surface area (Å²) in [5, 5.41) is 8.87. The van der Waals surface area contributed by atoms with Crippen LogP contribution >= 0.6 is 0 Å². The number of nitrogens with zero attached hydrogens (tertiary/aromatic N) is 2. The molecule has 6 heteroatoms. The summed E-state index contributed by atoms with van der Waals surface area (Å²) in [5.74, 6) is 0.872. The standard InChI is InChI=1S/C15H20N2O4/c18-15(19)10-17-5-1-4-16(6-7-17)9-12-2-3-13-14(8-12)21-11-20-13/h2-3,8H,1,4-7,9-11H2,(H,18,19). The molecule has 0 aliphatic carbocycles. The van der Waals surface area contributed by atoms with Gasteiger partial charge < -0.3 is 14.6 Å². The third-order valence-corrected chi connectivity index (χ3v) is 3.88. The van der Waals surface area contributed by atoms with E-state index in [4.69, 9.17) is 14.6 Å². The zero-order valence-corrected chi connectivity index (χ0v) is 12.0. The van der Waals surface area contributed by atoms with Crippen LogP contribution in [-0.2, 0) is 11.3 Å². The van der Waals surface area contributed by atoms with Crippen LogP contribution in [0.2, 0.25) is 0 Å². The molecule has 1 aromatic carbocycles. The molecule has 0 atom stereocenters. The molecule has 0 amide bonds. The first-order chi connectivity index (χ1) is 10.2. The van der Waals surface area contributed by atoms with Crippen LogP contribution in [0.3, 0.4) is 0 Å². The Kier molecular flexibility index (Phi) is 4.26. The summed E-state index contributed by atoms with van der Waals surface area (Å²) >= 11 is 0. The van der Waals surface area contributed by atoms with Gasteiger partial charge in [0.05, 0.1) is 6.54 Å². The van der Waals surface area contributed by atoms with Crippen LogP contribution in [0.4, 0.5) is 0 Å². The third-order valence-electron chi connectivity index (χ3n) is 3.88. The van der Waals surface area contributed by atoms with Crippen LogP contribution in [0.15, 0.2) is 18.2 Å². The van der Waals surface area contributed by atoms with E-state index >= 15 is 0 Å². The molecule has 0 unspecified atom stereocenters. The second-order valence-electron chi connectivity index (χ2n) is 5.49. The minimum Gasteiger partial charge on any atom is -0.480 e. The summed E-state index contributed by atoms with van der Waals surface area (Å²) in [7, 11) is 0. The van der Waals surface area contributed by atoms with E-state index in [1.807, 2.05) is 17.0 Å². The van der Waals surface area contributed by atoms with Crippen LogP contribution in [0.25, 0.3) is 0 Å². The lowest BCUT2D eigenvalue weighted by Gasteiger charge is -2.21. The topological polar surface area (TPSA) is 62.2 Å². The van der Waals surface area contributed by atoms with E-state index in [1.165, 1.54) is 5.56 Å². The molecule has 1 N–H and O–H groups in total. The number of fused-ring (bicyclic) bond motifs is 1. The Balaban J connectivity index is 1.57. The highest BCUT2D eigenvalue weighted by molar-refractivity contribution is 5.69. The maximum absolute atomic E-state index is 10.8. The Morgan fingerprint density at radius 3 is 2.71 bits per heavy atom. The Hall–Kier alpha value is -1.79. The van der Waals surface area contributed by atoms with Crippen molar-refractivity contribution in [1.82, 2.24) is 9.80 Å². The van der Waals surface area contributed by atoms with Crippen LogP contribution in [-0.4, -0.2) is 60.4 Å². The number of ether oxygens (including phenoxy) is 2. The van der Waals surface area contributed by atoms with Gasteiger partial charge >= 0.3 is 5.97 Å². The molecule has 6 nitrogen and oxygen atoms in total. The number of carboxylic acids is 1. The fourth-order valence-electron chi connectivity index (χ4n) is 2.83. The van der Waals surface area contributed by atoms with Crippen molar-refractivity contribution in [3.05, 3.63) is 23.8 Å². The number of hydrogen-bond acceptors (Lipinski definition) is 5. The van der Waals surface area contributed by atoms with Crippen molar-refractivity contribution in [3.8, 4) is 11.5 Å². The molecule has 21 heavy (non-hydrogen) atoms. The molecule has 2 aliphatic heterocycles. The summed E-state index contributed by atoms with van der Waals surface area (Å²) in [6, 6.07) is 6.04. The van der Waals surface area contributed by atoms with Gasteiger partial charge in [-0.05, 0) is 30.7 Å². The molecular weight excluding hydrogens is 272 g/mol. The molecule has 114 valence electrons. The Morgan fingerprint density at radius 2 is 1.86 bits per heavy atom. The van der Waals surface area contributed by atoms with Crippen LogP contribution in [0.1, 0.15) is 12.0 Å². The van der Waals surface area contributed by atoms with Crippen molar-refractivity contribution in [2.75, 3.05) is 39.5 Å². The normalized spacial score (nSPS) is 19.4. The molecule has 1 fully saturated rings. The van der Waals surface area contributed by atoms with E-state index in [1.54, 1.807) is 0 Å². The van der Waals surface area contributed by atoms with Gasteiger partial charge in [0.15, 0.2) is 11.5 Å². The van der Waals surface area contributed by atoms with Crippen molar-refractivity contribution >= 4 is 5.97 Å². The van der Waals surface area contributed by atoms with E-state index in [9.17, 15) is 4.79 Å². The summed E-state index contributed by atoms with van der Waals surface area (Å²) < 4.78 is 10.7. The summed E-state index contributed by atoms with van der Waals surface area (Å²) in [5.41, 5.74) is 1.20. The van der Waals surface area contributed by atoms with E-state index in [0.29, 0.717) is 6.79 Å². The van der Waals surface area contributed by atoms with E-state index in [0.717, 1.165) is 50.6 Å². The molecule has 0 saturated carbocycles. The van der Waals surface area contributed by atoms with Gasteiger partial charge in [0.1, 0.15) is 0 Å². The summed E-state index contributed by atoms with van der Waals surface area (Å²) in [4.78, 5) is 15.1. The minimum absolute atomic E-state index is 0.137. The zero-order chi connectivity index (χ0) is 14.7. The van der Waals surface area contributed by atoms with E-state index in [2.05, 4.69) is 11.0 Å². The van der Waals surface area contributed by atoms with Gasteiger partial charge in [0.2, 0.25) is 6.79 Å². The predicted molar refractivity (Wildman–Crippen MR) is 76.5 cm³/mol. The maximum atomic E-state index is 10.8. The van der Waals surface area contributed by atoms with Crippen molar-refractivity contribution in [1.29, 1.82) is 0 Å². The number of hydrogen-bond donors (Lipinski definition) is 1. The second kappa shape index (κ2) is 6.32. The third kappa shape index (κ3) is 3.65. The molecule has 3 rings (SSSR count). The highest BCUT2D eigenvalue weighted by Crippen LogP contribution is 2.32. The van der Waals surface area contributed by atoms with Gasteiger partial charge in [0, 0.05) is 26.2 Å². The SMILES string of the molecule is O=C(O)CN1CCCN(Cc2ccc3c(c2)OCO3)CC1. The lowest BCUT2D eigenvalue weighted by atomic mass is 10.2. The molecule has 2 heterocycles. The summed E-state index contributed by atoms with van der Waals surface area (Å²) in [6.45, 7) is 4.83. The first kappa shape index (κ1) is 14.2. The quantitative estimate of drug-likeness (QED) is 0.893. The Bertz CT molecular complexity index is 520. The molecule has 1 saturated heterocycles. The van der Waals surface area contributed by atoms with Gasteiger partial charge in [0.25, 0.3) is 0 Å². The lowest BCUT2D eigenvalue weighted by molar-refractivity contribution is -0.138. The van der Waals surface area contributed by atoms with Crippen molar-refractivity contribution < 1.29 is 19.4 Å². The Morgan fingerprint density at radius 1 is 1.10 bits per heavy atom. The minimum atomic E-state index is -0.751. The van der Waals surface area contributed by atoms with Crippen molar-refractivity contribution in [2.24, 2.45) is 0 Å². The molecule has 0 aromatic heterocycles. The van der Waals surface area contributed by atoms with Gasteiger partial charge in [-0.25, -0.2) is 0 Å². The summed E-state index contributed by atoms with van der Waals surface area (Å²) in [6.07, 6.45) is 0.998. The van der Waals surface area contributed by atoms with Crippen LogP contribution < -0.4 is 9.47 Å². The smallest absolute Gasteiger partial charge is 0.317 e. The van der Waals surface area contributed by atoms with Crippen molar-refractivity contribution in [3.63, 3.8) is 0 Å².